The quantitative estimate of drug-likeness (QED) is 0.388. The van der Waals surface area contributed by atoms with Crippen molar-refractivity contribution < 1.29 is 14.3 Å². The van der Waals surface area contributed by atoms with Crippen LogP contribution in [0, 0.1) is 20.8 Å². The van der Waals surface area contributed by atoms with Gasteiger partial charge in [0, 0.05) is 25.7 Å². The molecule has 2 amide bonds. The Kier molecular flexibility index (Phi) is 8.79. The number of ether oxygens (including phenoxy) is 1. The number of halogens is 1. The highest BCUT2D eigenvalue weighted by Gasteiger charge is 2.21. The maximum Gasteiger partial charge on any atom is 0.265 e. The molecule has 2 aromatic heterocycles. The number of benzene rings is 1. The molecule has 0 aliphatic carbocycles. The monoisotopic (exact) mass is 536 g/mol. The molecule has 0 spiro atoms. The summed E-state index contributed by atoms with van der Waals surface area (Å²) >= 11 is 8.71. The second kappa shape index (κ2) is 11.4. The maximum absolute atomic E-state index is 12.5. The first kappa shape index (κ1) is 27.0. The van der Waals surface area contributed by atoms with Crippen molar-refractivity contribution in [2.24, 2.45) is 0 Å². The molecule has 0 aliphatic heterocycles. The summed E-state index contributed by atoms with van der Waals surface area (Å²) in [5.41, 5.74) is 2.48. The molecule has 3 aromatic rings. The highest BCUT2D eigenvalue weighted by Crippen LogP contribution is 2.30. The number of thiazole rings is 1. The van der Waals surface area contributed by atoms with Gasteiger partial charge in [0.05, 0.1) is 11.4 Å². The minimum absolute atomic E-state index is 0.124. The largest absolute Gasteiger partial charge is 0.483 e. The zero-order valence-corrected chi connectivity index (χ0v) is 23.2. The fraction of sp³-hybridized carbons (Fsp3) is 0.435. The van der Waals surface area contributed by atoms with Crippen molar-refractivity contribution in [1.29, 1.82) is 0 Å². The van der Waals surface area contributed by atoms with Crippen LogP contribution < -0.4 is 10.1 Å². The second-order valence-electron chi connectivity index (χ2n) is 8.19. The Morgan fingerprint density at radius 1 is 1.23 bits per heavy atom. The third-order valence-corrected chi connectivity index (χ3v) is 7.75. The number of aryl methyl sites for hydroxylation is 3. The summed E-state index contributed by atoms with van der Waals surface area (Å²) in [5, 5.41) is 13.1. The number of thioether (sulfide) groups is 1. The third-order valence-electron chi connectivity index (χ3n) is 5.12. The van der Waals surface area contributed by atoms with Crippen LogP contribution in [0.25, 0.3) is 0 Å². The average molecular weight is 537 g/mol. The van der Waals surface area contributed by atoms with Gasteiger partial charge in [0.2, 0.25) is 5.91 Å². The van der Waals surface area contributed by atoms with Crippen molar-refractivity contribution in [3.05, 3.63) is 44.7 Å². The molecule has 1 unspecified atom stereocenters. The van der Waals surface area contributed by atoms with Crippen LogP contribution in [0.2, 0.25) is 5.02 Å². The fourth-order valence-corrected chi connectivity index (χ4v) is 5.30. The van der Waals surface area contributed by atoms with Crippen molar-refractivity contribution in [3.8, 4) is 5.75 Å². The Hall–Kier alpha value is -2.63. The molecular weight excluding hydrogens is 508 g/mol. The minimum Gasteiger partial charge on any atom is -0.483 e. The Morgan fingerprint density at radius 3 is 2.49 bits per heavy atom. The van der Waals surface area contributed by atoms with Crippen LogP contribution in [-0.2, 0) is 11.3 Å². The van der Waals surface area contributed by atoms with Crippen LogP contribution in [0.3, 0.4) is 0 Å². The van der Waals surface area contributed by atoms with Crippen molar-refractivity contribution in [3.63, 3.8) is 0 Å². The molecule has 1 N–H and O–H groups in total. The summed E-state index contributed by atoms with van der Waals surface area (Å²) in [4.78, 5) is 31.0. The lowest BCUT2D eigenvalue weighted by Crippen LogP contribution is -2.21. The first-order chi connectivity index (χ1) is 16.5. The molecule has 188 valence electrons. The smallest absolute Gasteiger partial charge is 0.265 e. The Labute approximate surface area is 218 Å². The lowest BCUT2D eigenvalue weighted by atomic mass is 10.1. The van der Waals surface area contributed by atoms with Gasteiger partial charge in [0.15, 0.2) is 22.2 Å². The van der Waals surface area contributed by atoms with Gasteiger partial charge >= 0.3 is 0 Å². The topological polar surface area (TPSA) is 102 Å². The van der Waals surface area contributed by atoms with E-state index in [0.29, 0.717) is 39.0 Å². The van der Waals surface area contributed by atoms with E-state index in [4.69, 9.17) is 16.3 Å². The van der Waals surface area contributed by atoms with Gasteiger partial charge < -0.3 is 19.5 Å². The van der Waals surface area contributed by atoms with E-state index in [0.717, 1.165) is 27.5 Å². The van der Waals surface area contributed by atoms with Crippen LogP contribution >= 0.6 is 34.7 Å². The van der Waals surface area contributed by atoms with Crippen LogP contribution in [0.4, 0.5) is 5.13 Å². The molecule has 12 heteroatoms. The number of nitrogens with zero attached hydrogens (tertiary/aromatic N) is 5. The predicted molar refractivity (Wildman–Crippen MR) is 140 cm³/mol. The number of carbonyl (C=O) groups excluding carboxylic acids is 2. The summed E-state index contributed by atoms with van der Waals surface area (Å²) in [6.45, 7) is 10.2. The zero-order valence-electron chi connectivity index (χ0n) is 20.8. The zero-order chi connectivity index (χ0) is 25.9. The highest BCUT2D eigenvalue weighted by molar-refractivity contribution is 7.99. The van der Waals surface area contributed by atoms with Crippen LogP contribution in [0.1, 0.15) is 52.3 Å². The van der Waals surface area contributed by atoms with Gasteiger partial charge in [0.1, 0.15) is 10.6 Å². The van der Waals surface area contributed by atoms with Gasteiger partial charge in [-0.25, -0.2) is 4.98 Å². The predicted octanol–water partition coefficient (Wildman–Crippen LogP) is 4.91. The van der Waals surface area contributed by atoms with Gasteiger partial charge in [-0.15, -0.1) is 10.2 Å². The van der Waals surface area contributed by atoms with Crippen molar-refractivity contribution in [2.75, 3.05) is 25.2 Å². The summed E-state index contributed by atoms with van der Waals surface area (Å²) < 4.78 is 8.05. The summed E-state index contributed by atoms with van der Waals surface area (Å²) in [5.74, 6) is 1.12. The van der Waals surface area contributed by atoms with Crippen LogP contribution in [0.5, 0.6) is 5.75 Å². The normalized spacial score (nSPS) is 11.9. The van der Waals surface area contributed by atoms with Gasteiger partial charge in [0.25, 0.3) is 5.91 Å². The Morgan fingerprint density at radius 2 is 1.89 bits per heavy atom. The Bertz CT molecular complexity index is 1220. The summed E-state index contributed by atoms with van der Waals surface area (Å²) in [6, 6.07) is 3.80. The molecule has 0 radical (unpaired) electrons. The standard InChI is InChI=1S/C23H29ClN6O3S2/c1-8-30-20(15(5)33-16-9-12(2)18(24)13(3)10-16)27-28-23(30)34-11-17(31)26-22-25-14(4)19(35-22)21(32)29(6)7/h9-10,15H,8,11H2,1-7H3,(H,25,26,31). The molecule has 0 fully saturated rings. The van der Waals surface area contributed by atoms with E-state index >= 15 is 0 Å². The van der Waals surface area contributed by atoms with E-state index in [1.807, 2.05) is 44.4 Å². The van der Waals surface area contributed by atoms with E-state index < -0.39 is 0 Å². The van der Waals surface area contributed by atoms with E-state index in [2.05, 4.69) is 20.5 Å². The van der Waals surface area contributed by atoms with E-state index in [-0.39, 0.29) is 23.7 Å². The molecule has 3 rings (SSSR count). The first-order valence-corrected chi connectivity index (χ1v) is 13.2. The molecule has 1 atom stereocenters. The Balaban J connectivity index is 1.65. The van der Waals surface area contributed by atoms with E-state index in [9.17, 15) is 9.59 Å². The molecule has 0 bridgehead atoms. The van der Waals surface area contributed by atoms with Crippen LogP contribution in [0.15, 0.2) is 17.3 Å². The molecule has 35 heavy (non-hydrogen) atoms. The summed E-state index contributed by atoms with van der Waals surface area (Å²) in [6.07, 6.45) is -0.350. The number of aromatic nitrogens is 4. The fourth-order valence-electron chi connectivity index (χ4n) is 3.37. The minimum atomic E-state index is -0.350. The van der Waals surface area contributed by atoms with E-state index in [1.165, 1.54) is 16.7 Å². The lowest BCUT2D eigenvalue weighted by molar-refractivity contribution is -0.113. The number of hydrogen-bond acceptors (Lipinski definition) is 8. The number of nitrogens with one attached hydrogen (secondary N) is 1. The second-order valence-corrected chi connectivity index (χ2v) is 10.5. The van der Waals surface area contributed by atoms with Gasteiger partial charge in [-0.3, -0.25) is 9.59 Å². The lowest BCUT2D eigenvalue weighted by Gasteiger charge is -2.17. The van der Waals surface area contributed by atoms with Crippen molar-refractivity contribution in [1.82, 2.24) is 24.6 Å². The average Bonchev–Trinajstić information content (AvgIpc) is 3.37. The highest BCUT2D eigenvalue weighted by atomic mass is 35.5. The SMILES string of the molecule is CCn1c(SCC(=O)Nc2nc(C)c(C(=O)N(C)C)s2)nnc1C(C)Oc1cc(C)c(Cl)c(C)c1. The van der Waals surface area contributed by atoms with Gasteiger partial charge in [-0.2, -0.15) is 0 Å². The van der Waals surface area contributed by atoms with Crippen LogP contribution in [-0.4, -0.2) is 56.3 Å². The molecule has 2 heterocycles. The molecule has 0 saturated heterocycles. The molecule has 0 aliphatic rings. The molecule has 0 saturated carbocycles. The third kappa shape index (κ3) is 6.33. The van der Waals surface area contributed by atoms with Crippen molar-refractivity contribution in [2.45, 2.75) is 52.4 Å². The van der Waals surface area contributed by atoms with Gasteiger partial charge in [-0.05, 0) is 57.9 Å². The molecule has 9 nitrogen and oxygen atoms in total. The number of anilines is 1. The molecular formula is C23H29ClN6O3S2. The molecule has 1 aromatic carbocycles. The van der Waals surface area contributed by atoms with Crippen molar-refractivity contribution >= 4 is 51.6 Å². The maximum atomic E-state index is 12.5. The number of rotatable bonds is 9. The first-order valence-electron chi connectivity index (χ1n) is 11.0. The number of carbonyl (C=O) groups is 2. The number of hydrogen-bond donors (Lipinski definition) is 1. The van der Waals surface area contributed by atoms with E-state index in [1.54, 1.807) is 21.0 Å². The van der Waals surface area contributed by atoms with Gasteiger partial charge in [-0.1, -0.05) is 34.7 Å². The summed E-state index contributed by atoms with van der Waals surface area (Å²) in [7, 11) is 3.36. The number of amides is 2.